The zero-order valence-corrected chi connectivity index (χ0v) is 13.6. The summed E-state index contributed by atoms with van der Waals surface area (Å²) in [5.41, 5.74) is 2.15. The molecular weight excluding hydrogens is 304 g/mol. The maximum atomic E-state index is 12.3. The van der Waals surface area contributed by atoms with E-state index in [1.54, 1.807) is 19.2 Å². The van der Waals surface area contributed by atoms with Crippen molar-refractivity contribution in [1.82, 2.24) is 4.98 Å². The SMILES string of the molecule is COc1ccccc1NC(=O)Cc1nc(-c2ccccc2)oc1C. The van der Waals surface area contributed by atoms with Crippen LogP contribution in [0.2, 0.25) is 0 Å². The molecule has 1 N–H and O–H groups in total. The number of carbonyl (C=O) groups excluding carboxylic acids is 1. The normalized spacial score (nSPS) is 10.4. The largest absolute Gasteiger partial charge is 0.495 e. The van der Waals surface area contributed by atoms with Gasteiger partial charge in [0, 0.05) is 5.56 Å². The van der Waals surface area contributed by atoms with Gasteiger partial charge in [0.05, 0.1) is 24.9 Å². The first-order chi connectivity index (χ1) is 11.7. The number of nitrogens with zero attached hydrogens (tertiary/aromatic N) is 1. The lowest BCUT2D eigenvalue weighted by Gasteiger charge is -2.09. The third-order valence-corrected chi connectivity index (χ3v) is 3.62. The lowest BCUT2D eigenvalue weighted by atomic mass is 10.2. The monoisotopic (exact) mass is 322 g/mol. The predicted octanol–water partition coefficient (Wildman–Crippen LogP) is 3.84. The van der Waals surface area contributed by atoms with Gasteiger partial charge in [-0.2, -0.15) is 0 Å². The van der Waals surface area contributed by atoms with E-state index in [1.165, 1.54) is 0 Å². The summed E-state index contributed by atoms with van der Waals surface area (Å²) in [4.78, 5) is 16.7. The van der Waals surface area contributed by atoms with Crippen LogP contribution in [0.5, 0.6) is 5.75 Å². The molecule has 0 aliphatic heterocycles. The number of carbonyl (C=O) groups is 1. The second kappa shape index (κ2) is 7.00. The highest BCUT2D eigenvalue weighted by atomic mass is 16.5. The molecule has 0 spiro atoms. The third kappa shape index (κ3) is 3.46. The van der Waals surface area contributed by atoms with Gasteiger partial charge in [-0.15, -0.1) is 0 Å². The van der Waals surface area contributed by atoms with E-state index in [1.807, 2.05) is 49.4 Å². The molecule has 1 heterocycles. The summed E-state index contributed by atoms with van der Waals surface area (Å²) >= 11 is 0. The quantitative estimate of drug-likeness (QED) is 0.775. The van der Waals surface area contributed by atoms with Crippen molar-refractivity contribution in [3.63, 3.8) is 0 Å². The molecule has 3 aromatic rings. The highest BCUT2D eigenvalue weighted by molar-refractivity contribution is 5.93. The molecule has 1 aromatic heterocycles. The van der Waals surface area contributed by atoms with E-state index in [9.17, 15) is 4.79 Å². The molecule has 122 valence electrons. The van der Waals surface area contributed by atoms with E-state index in [-0.39, 0.29) is 12.3 Å². The van der Waals surface area contributed by atoms with Crippen LogP contribution in [0.3, 0.4) is 0 Å². The molecule has 1 amide bonds. The average Bonchev–Trinajstić information content (AvgIpc) is 2.97. The van der Waals surface area contributed by atoms with Gasteiger partial charge in [0.2, 0.25) is 11.8 Å². The Labute approximate surface area is 140 Å². The summed E-state index contributed by atoms with van der Waals surface area (Å²) in [6, 6.07) is 16.9. The van der Waals surface area contributed by atoms with Gasteiger partial charge >= 0.3 is 0 Å². The van der Waals surface area contributed by atoms with Gasteiger partial charge in [-0.3, -0.25) is 4.79 Å². The molecule has 0 saturated carbocycles. The van der Waals surface area contributed by atoms with Crippen LogP contribution in [0.15, 0.2) is 59.0 Å². The molecule has 0 unspecified atom stereocenters. The van der Waals surface area contributed by atoms with Crippen molar-refractivity contribution in [1.29, 1.82) is 0 Å². The fraction of sp³-hybridized carbons (Fsp3) is 0.158. The highest BCUT2D eigenvalue weighted by Crippen LogP contribution is 2.24. The summed E-state index contributed by atoms with van der Waals surface area (Å²) in [5, 5.41) is 2.84. The lowest BCUT2D eigenvalue weighted by molar-refractivity contribution is -0.115. The number of nitrogens with one attached hydrogen (secondary N) is 1. The maximum absolute atomic E-state index is 12.3. The third-order valence-electron chi connectivity index (χ3n) is 3.62. The van der Waals surface area contributed by atoms with Crippen molar-refractivity contribution in [2.75, 3.05) is 12.4 Å². The van der Waals surface area contributed by atoms with Gasteiger partial charge in [-0.05, 0) is 31.2 Å². The van der Waals surface area contributed by atoms with Crippen molar-refractivity contribution < 1.29 is 13.9 Å². The molecule has 5 nitrogen and oxygen atoms in total. The van der Waals surface area contributed by atoms with Gasteiger partial charge in [-0.25, -0.2) is 4.98 Å². The molecule has 0 saturated heterocycles. The standard InChI is InChI=1S/C19H18N2O3/c1-13-16(21-19(24-13)14-8-4-3-5-9-14)12-18(22)20-15-10-6-7-11-17(15)23-2/h3-11H,12H2,1-2H3,(H,20,22). The second-order valence-electron chi connectivity index (χ2n) is 5.31. The minimum absolute atomic E-state index is 0.139. The molecular formula is C19H18N2O3. The van der Waals surface area contributed by atoms with Crippen molar-refractivity contribution in [3.8, 4) is 17.2 Å². The minimum Gasteiger partial charge on any atom is -0.495 e. The van der Waals surface area contributed by atoms with Gasteiger partial charge in [0.15, 0.2) is 0 Å². The summed E-state index contributed by atoms with van der Waals surface area (Å²) in [6.45, 7) is 1.81. The molecule has 0 radical (unpaired) electrons. The molecule has 0 atom stereocenters. The number of aryl methyl sites for hydroxylation is 1. The number of hydrogen-bond donors (Lipinski definition) is 1. The van der Waals surface area contributed by atoms with Gasteiger partial charge in [0.25, 0.3) is 0 Å². The van der Waals surface area contributed by atoms with Gasteiger partial charge < -0.3 is 14.5 Å². The van der Waals surface area contributed by atoms with Crippen LogP contribution < -0.4 is 10.1 Å². The van der Waals surface area contributed by atoms with Crippen molar-refractivity contribution >= 4 is 11.6 Å². The number of amides is 1. The van der Waals surface area contributed by atoms with Crippen LogP contribution in [-0.4, -0.2) is 18.0 Å². The molecule has 0 aliphatic carbocycles. The van der Waals surface area contributed by atoms with Crippen LogP contribution in [0.1, 0.15) is 11.5 Å². The highest BCUT2D eigenvalue weighted by Gasteiger charge is 2.15. The molecule has 0 bridgehead atoms. The van der Waals surface area contributed by atoms with Crippen molar-refractivity contribution in [2.45, 2.75) is 13.3 Å². The van der Waals surface area contributed by atoms with Gasteiger partial charge in [0.1, 0.15) is 11.5 Å². The average molecular weight is 322 g/mol. The number of para-hydroxylation sites is 2. The summed E-state index contributed by atoms with van der Waals surface area (Å²) < 4.78 is 10.9. The Morgan fingerprint density at radius 3 is 2.58 bits per heavy atom. The summed E-state index contributed by atoms with van der Waals surface area (Å²) in [5.74, 6) is 1.61. The van der Waals surface area contributed by atoms with Crippen LogP contribution in [0.25, 0.3) is 11.5 Å². The molecule has 0 aliphatic rings. The number of rotatable bonds is 5. The Hall–Kier alpha value is -3.08. The molecule has 3 rings (SSSR count). The summed E-state index contributed by atoms with van der Waals surface area (Å²) in [7, 11) is 1.57. The van der Waals surface area contributed by atoms with Crippen LogP contribution >= 0.6 is 0 Å². The van der Waals surface area contributed by atoms with Crippen molar-refractivity contribution in [3.05, 3.63) is 66.1 Å². The fourth-order valence-corrected chi connectivity index (χ4v) is 2.39. The number of anilines is 1. The zero-order chi connectivity index (χ0) is 16.9. The van der Waals surface area contributed by atoms with E-state index in [4.69, 9.17) is 9.15 Å². The van der Waals surface area contributed by atoms with E-state index >= 15 is 0 Å². The fourth-order valence-electron chi connectivity index (χ4n) is 2.39. The number of oxazole rings is 1. The number of hydrogen-bond acceptors (Lipinski definition) is 4. The van der Waals surface area contributed by atoms with E-state index in [2.05, 4.69) is 10.3 Å². The summed E-state index contributed by atoms with van der Waals surface area (Å²) in [6.07, 6.45) is 0.139. The van der Waals surface area contributed by atoms with Crippen LogP contribution in [-0.2, 0) is 11.2 Å². The smallest absolute Gasteiger partial charge is 0.230 e. The van der Waals surface area contributed by atoms with Crippen molar-refractivity contribution in [2.24, 2.45) is 0 Å². The Morgan fingerprint density at radius 2 is 1.83 bits per heavy atom. The lowest BCUT2D eigenvalue weighted by Crippen LogP contribution is -2.15. The Bertz CT molecular complexity index is 841. The van der Waals surface area contributed by atoms with E-state index in [0.29, 0.717) is 28.8 Å². The first-order valence-corrected chi connectivity index (χ1v) is 7.62. The van der Waals surface area contributed by atoms with Crippen LogP contribution in [0, 0.1) is 6.92 Å². The Balaban J connectivity index is 1.74. The van der Waals surface area contributed by atoms with Crippen LogP contribution in [0.4, 0.5) is 5.69 Å². The second-order valence-corrected chi connectivity index (χ2v) is 5.31. The first kappa shape index (κ1) is 15.8. The van der Waals surface area contributed by atoms with E-state index < -0.39 is 0 Å². The number of ether oxygens (including phenoxy) is 1. The number of methoxy groups -OCH3 is 1. The Kier molecular flexibility index (Phi) is 4.61. The first-order valence-electron chi connectivity index (χ1n) is 7.62. The Morgan fingerprint density at radius 1 is 1.12 bits per heavy atom. The maximum Gasteiger partial charge on any atom is 0.230 e. The minimum atomic E-state index is -0.171. The van der Waals surface area contributed by atoms with E-state index in [0.717, 1.165) is 5.56 Å². The molecule has 2 aromatic carbocycles. The predicted molar refractivity (Wildman–Crippen MR) is 92.0 cm³/mol. The topological polar surface area (TPSA) is 64.4 Å². The molecule has 24 heavy (non-hydrogen) atoms. The number of benzene rings is 2. The van der Waals surface area contributed by atoms with Gasteiger partial charge in [-0.1, -0.05) is 30.3 Å². The molecule has 5 heteroatoms. The zero-order valence-electron chi connectivity index (χ0n) is 13.6. The molecule has 0 fully saturated rings. The number of aromatic nitrogens is 1.